The van der Waals surface area contributed by atoms with E-state index >= 15 is 0 Å². The number of aliphatic carboxylic acids is 1. The van der Waals surface area contributed by atoms with Crippen LogP contribution in [0, 0.1) is 5.92 Å². The molecule has 10 heteroatoms. The van der Waals surface area contributed by atoms with Crippen molar-refractivity contribution >= 4 is 11.9 Å². The molecule has 1 aromatic carbocycles. The van der Waals surface area contributed by atoms with E-state index in [1.807, 2.05) is 47.0 Å². The van der Waals surface area contributed by atoms with Crippen molar-refractivity contribution < 1.29 is 34.0 Å². The average molecular weight is 544 g/mol. The molecular formula is C29H41N3O7. The number of ether oxygens (including phenoxy) is 3. The predicted molar refractivity (Wildman–Crippen MR) is 145 cm³/mol. The fourth-order valence-corrected chi connectivity index (χ4v) is 5.85. The summed E-state index contributed by atoms with van der Waals surface area (Å²) in [5, 5.41) is 19.9. The van der Waals surface area contributed by atoms with E-state index in [1.54, 1.807) is 12.0 Å². The fourth-order valence-electron chi connectivity index (χ4n) is 5.85. The summed E-state index contributed by atoms with van der Waals surface area (Å²) in [4.78, 5) is 30.2. The highest BCUT2D eigenvalue weighted by Gasteiger charge is 2.47. The third-order valence-electron chi connectivity index (χ3n) is 7.95. The van der Waals surface area contributed by atoms with Gasteiger partial charge in [0.2, 0.25) is 18.4 Å². The Labute approximate surface area is 230 Å². The molecule has 3 heterocycles. The molecular weight excluding hydrogens is 502 g/mol. The van der Waals surface area contributed by atoms with Gasteiger partial charge in [-0.1, -0.05) is 13.3 Å². The number of hydrogen-bond donors (Lipinski definition) is 2. The Morgan fingerprint density at radius 2 is 2.00 bits per heavy atom. The molecule has 1 amide bonds. The summed E-state index contributed by atoms with van der Waals surface area (Å²) >= 11 is 0. The number of carbonyl (C=O) groups is 2. The van der Waals surface area contributed by atoms with E-state index in [1.165, 1.54) is 0 Å². The molecule has 3 unspecified atom stereocenters. The molecule has 2 aliphatic heterocycles. The molecule has 2 N–H and O–H groups in total. The maximum absolute atomic E-state index is 13.5. The van der Waals surface area contributed by atoms with E-state index in [-0.39, 0.29) is 37.8 Å². The smallest absolute Gasteiger partial charge is 0.308 e. The number of carboxylic acid groups (broad SMARTS) is 1. The van der Waals surface area contributed by atoms with Gasteiger partial charge in [0.05, 0.1) is 19.6 Å². The second kappa shape index (κ2) is 13.2. The summed E-state index contributed by atoms with van der Waals surface area (Å²) < 4.78 is 18.7. The zero-order valence-electron chi connectivity index (χ0n) is 23.2. The fraction of sp³-hybridized carbons (Fsp3) is 0.586. The zero-order valence-corrected chi connectivity index (χ0v) is 23.2. The Hall–Kier alpha value is -3.24. The van der Waals surface area contributed by atoms with E-state index < -0.39 is 11.9 Å². The molecule has 1 aromatic heterocycles. The lowest BCUT2D eigenvalue weighted by Crippen LogP contribution is -2.45. The first-order valence-corrected chi connectivity index (χ1v) is 13.8. The third kappa shape index (κ3) is 6.50. The number of rotatable bonds is 14. The minimum Gasteiger partial charge on any atom is -0.493 e. The Balaban J connectivity index is 1.64. The standard InChI is InChI=1S/C29H41N3O7/c1-4-5-12-31(13-7-14-33)26(34)18-32-17-22(20-15-24(37-3)28-25(16-20)38-19-39-28)27(29(35)36)23(32)10-9-21-8-6-11-30(21)2/h6,8,11,15-16,22-23,27,33H,4-5,7,9-10,12-14,17-19H2,1-3H3,(H,35,36). The van der Waals surface area contributed by atoms with E-state index in [9.17, 15) is 19.8 Å². The summed E-state index contributed by atoms with van der Waals surface area (Å²) in [5.41, 5.74) is 1.91. The number of methoxy groups -OCH3 is 1. The molecule has 4 rings (SSSR count). The largest absolute Gasteiger partial charge is 0.493 e. The number of fused-ring (bicyclic) bond motifs is 1. The second-order valence-electron chi connectivity index (χ2n) is 10.4. The van der Waals surface area contributed by atoms with Gasteiger partial charge in [0.1, 0.15) is 0 Å². The Kier molecular flexibility index (Phi) is 9.74. The van der Waals surface area contributed by atoms with Crippen LogP contribution < -0.4 is 14.2 Å². The van der Waals surface area contributed by atoms with Crippen LogP contribution in [0.2, 0.25) is 0 Å². The predicted octanol–water partition coefficient (Wildman–Crippen LogP) is 2.87. The second-order valence-corrected chi connectivity index (χ2v) is 10.4. The van der Waals surface area contributed by atoms with Crippen LogP contribution in [-0.4, -0.2) is 89.2 Å². The topological polar surface area (TPSA) is 114 Å². The highest BCUT2D eigenvalue weighted by Crippen LogP contribution is 2.47. The molecule has 1 fully saturated rings. The van der Waals surface area contributed by atoms with Crippen LogP contribution in [0.15, 0.2) is 30.5 Å². The summed E-state index contributed by atoms with van der Waals surface area (Å²) in [7, 11) is 3.53. The van der Waals surface area contributed by atoms with Gasteiger partial charge in [-0.25, -0.2) is 0 Å². The lowest BCUT2D eigenvalue weighted by atomic mass is 9.83. The number of nitrogens with zero attached hydrogens (tertiary/aromatic N) is 3. The van der Waals surface area contributed by atoms with Gasteiger partial charge in [-0.2, -0.15) is 0 Å². The minimum absolute atomic E-state index is 0.0218. The van der Waals surface area contributed by atoms with Gasteiger partial charge in [0, 0.05) is 57.1 Å². The van der Waals surface area contributed by atoms with Gasteiger partial charge in [-0.3, -0.25) is 14.5 Å². The van der Waals surface area contributed by atoms with E-state index in [0.717, 1.165) is 24.1 Å². The van der Waals surface area contributed by atoms with Crippen LogP contribution in [-0.2, 0) is 23.1 Å². The first-order valence-electron chi connectivity index (χ1n) is 13.8. The SMILES string of the molecule is CCCCN(CCCO)C(=O)CN1CC(c2cc(OC)c3c(c2)OCO3)C(C(=O)O)C1CCc1cccn1C. The number of benzene rings is 1. The first-order chi connectivity index (χ1) is 18.9. The van der Waals surface area contributed by atoms with Crippen molar-refractivity contribution in [1.29, 1.82) is 0 Å². The summed E-state index contributed by atoms with van der Waals surface area (Å²) in [5.74, 6) is -0.426. The van der Waals surface area contributed by atoms with Crippen LogP contribution in [0.3, 0.4) is 0 Å². The van der Waals surface area contributed by atoms with E-state index in [0.29, 0.717) is 56.1 Å². The number of carboxylic acids is 1. The number of carbonyl (C=O) groups excluding carboxylic acids is 1. The van der Waals surface area contributed by atoms with Crippen LogP contribution in [0.25, 0.3) is 0 Å². The van der Waals surface area contributed by atoms with E-state index in [2.05, 4.69) is 6.92 Å². The number of aliphatic hydroxyl groups excluding tert-OH is 1. The highest BCUT2D eigenvalue weighted by molar-refractivity contribution is 5.79. The molecule has 0 bridgehead atoms. The van der Waals surface area contributed by atoms with Gasteiger partial charge >= 0.3 is 5.97 Å². The number of aliphatic hydroxyl groups is 1. The third-order valence-corrected chi connectivity index (χ3v) is 7.95. The molecule has 214 valence electrons. The average Bonchev–Trinajstić information content (AvgIpc) is 3.65. The van der Waals surface area contributed by atoms with Gasteiger partial charge in [-0.05, 0) is 55.5 Å². The first kappa shape index (κ1) is 28.8. The van der Waals surface area contributed by atoms with Crippen molar-refractivity contribution in [2.45, 2.75) is 51.0 Å². The van der Waals surface area contributed by atoms with E-state index in [4.69, 9.17) is 14.2 Å². The molecule has 39 heavy (non-hydrogen) atoms. The number of aromatic nitrogens is 1. The van der Waals surface area contributed by atoms with Crippen molar-refractivity contribution in [3.05, 3.63) is 41.7 Å². The van der Waals surface area contributed by atoms with Crippen molar-refractivity contribution in [2.75, 3.05) is 46.7 Å². The van der Waals surface area contributed by atoms with Crippen LogP contribution in [0.1, 0.15) is 49.8 Å². The Morgan fingerprint density at radius 1 is 1.21 bits per heavy atom. The summed E-state index contributed by atoms with van der Waals surface area (Å²) in [6.45, 7) is 3.86. The normalized spacial score (nSPS) is 20.4. The number of hydrogen-bond acceptors (Lipinski definition) is 7. The van der Waals surface area contributed by atoms with Crippen LogP contribution >= 0.6 is 0 Å². The van der Waals surface area contributed by atoms with Gasteiger partial charge in [-0.15, -0.1) is 0 Å². The van der Waals surface area contributed by atoms with Gasteiger partial charge in [0.15, 0.2) is 11.5 Å². The van der Waals surface area contributed by atoms with Crippen molar-refractivity contribution in [2.24, 2.45) is 13.0 Å². The number of unbranched alkanes of at least 4 members (excludes halogenated alkanes) is 1. The highest BCUT2D eigenvalue weighted by atomic mass is 16.7. The monoisotopic (exact) mass is 543 g/mol. The van der Waals surface area contributed by atoms with Crippen molar-refractivity contribution in [3.8, 4) is 17.2 Å². The summed E-state index contributed by atoms with van der Waals surface area (Å²) in [6.07, 6.45) is 5.64. The quantitative estimate of drug-likeness (QED) is 0.374. The Bertz CT molecular complexity index is 1130. The summed E-state index contributed by atoms with van der Waals surface area (Å²) in [6, 6.07) is 7.37. The Morgan fingerprint density at radius 3 is 2.67 bits per heavy atom. The molecule has 0 spiro atoms. The lowest BCUT2D eigenvalue weighted by molar-refractivity contribution is -0.143. The molecule has 2 aromatic rings. The maximum Gasteiger partial charge on any atom is 0.308 e. The molecule has 0 saturated carbocycles. The molecule has 0 aliphatic carbocycles. The van der Waals surface area contributed by atoms with Crippen LogP contribution in [0.4, 0.5) is 0 Å². The molecule has 2 aliphatic rings. The maximum atomic E-state index is 13.5. The van der Waals surface area contributed by atoms with Gasteiger partial charge in [0.25, 0.3) is 0 Å². The van der Waals surface area contributed by atoms with Crippen LogP contribution in [0.5, 0.6) is 17.2 Å². The molecule has 1 saturated heterocycles. The molecule has 0 radical (unpaired) electrons. The number of likely N-dealkylation sites (tertiary alicyclic amines) is 1. The zero-order chi connectivity index (χ0) is 27.9. The number of amides is 1. The lowest BCUT2D eigenvalue weighted by Gasteiger charge is -2.29. The minimum atomic E-state index is -0.883. The molecule has 10 nitrogen and oxygen atoms in total. The molecule has 3 atom stereocenters. The van der Waals surface area contributed by atoms with Crippen molar-refractivity contribution in [1.82, 2.24) is 14.4 Å². The number of aryl methyl sites for hydroxylation is 2. The van der Waals surface area contributed by atoms with Gasteiger partial charge < -0.3 is 33.9 Å². The van der Waals surface area contributed by atoms with Crippen molar-refractivity contribution in [3.63, 3.8) is 0 Å².